The van der Waals surface area contributed by atoms with Crippen molar-refractivity contribution in [1.29, 1.82) is 0 Å². The first-order valence-corrected chi connectivity index (χ1v) is 8.61. The summed E-state index contributed by atoms with van der Waals surface area (Å²) in [6.07, 6.45) is 6.55. The van der Waals surface area contributed by atoms with E-state index in [2.05, 4.69) is 54.4 Å². The normalized spacial score (nSPS) is 22.2. The van der Waals surface area contributed by atoms with E-state index >= 15 is 0 Å². The molecule has 0 amide bonds. The van der Waals surface area contributed by atoms with Crippen molar-refractivity contribution in [2.45, 2.75) is 58.9 Å². The summed E-state index contributed by atoms with van der Waals surface area (Å²) < 4.78 is 0. The molecule has 0 radical (unpaired) electrons. The molecule has 3 rings (SSSR count). The molecule has 0 bridgehead atoms. The fourth-order valence-corrected chi connectivity index (χ4v) is 3.55. The lowest BCUT2D eigenvalue weighted by atomic mass is 9.71. The first-order chi connectivity index (χ1) is 10.3. The number of nitrogens with zero attached hydrogens (tertiary/aromatic N) is 4. The van der Waals surface area contributed by atoms with Gasteiger partial charge in [-0.05, 0) is 43.1 Å². The van der Waals surface area contributed by atoms with Crippen LogP contribution in [0, 0.1) is 5.41 Å². The molecule has 1 aromatic rings. The van der Waals surface area contributed by atoms with E-state index in [1.807, 2.05) is 12.4 Å². The Kier molecular flexibility index (Phi) is 3.92. The van der Waals surface area contributed by atoms with Gasteiger partial charge in [-0.3, -0.25) is 4.90 Å². The molecule has 2 aliphatic rings. The van der Waals surface area contributed by atoms with Gasteiger partial charge in [0.2, 0.25) is 5.95 Å². The number of aromatic nitrogens is 2. The van der Waals surface area contributed by atoms with Crippen molar-refractivity contribution in [3.05, 3.63) is 18.0 Å². The summed E-state index contributed by atoms with van der Waals surface area (Å²) in [7, 11) is 0. The van der Waals surface area contributed by atoms with Crippen molar-refractivity contribution in [3.8, 4) is 0 Å². The molecule has 2 aliphatic heterocycles. The standard InChI is InChI=1S/C18H30N4/c1-14(2)22-12-18(13-22)6-8-21(9-7-18)16-19-10-15(11-20-16)17(3,4)5/h10-11,14H,6-9,12-13H2,1-5H3. The molecule has 4 nitrogen and oxygen atoms in total. The fraction of sp³-hybridized carbons (Fsp3) is 0.778. The number of hydrogen-bond acceptors (Lipinski definition) is 4. The van der Waals surface area contributed by atoms with Gasteiger partial charge in [-0.1, -0.05) is 20.8 Å². The van der Waals surface area contributed by atoms with E-state index in [1.165, 1.54) is 31.5 Å². The molecule has 22 heavy (non-hydrogen) atoms. The molecule has 2 saturated heterocycles. The Hall–Kier alpha value is -1.16. The number of hydrogen-bond donors (Lipinski definition) is 0. The van der Waals surface area contributed by atoms with Crippen LogP contribution in [0.2, 0.25) is 0 Å². The maximum atomic E-state index is 4.61. The van der Waals surface area contributed by atoms with Gasteiger partial charge in [0.15, 0.2) is 0 Å². The van der Waals surface area contributed by atoms with Crippen LogP contribution in [0.3, 0.4) is 0 Å². The van der Waals surface area contributed by atoms with E-state index < -0.39 is 0 Å². The molecule has 2 fully saturated rings. The Morgan fingerprint density at radius 3 is 2.05 bits per heavy atom. The topological polar surface area (TPSA) is 32.3 Å². The van der Waals surface area contributed by atoms with Gasteiger partial charge < -0.3 is 4.90 Å². The predicted octanol–water partition coefficient (Wildman–Crippen LogP) is 3.08. The third kappa shape index (κ3) is 2.98. The van der Waals surface area contributed by atoms with Crippen LogP contribution in [0.1, 0.15) is 53.0 Å². The second-order valence-electron chi connectivity index (χ2n) is 8.51. The molecule has 0 aromatic carbocycles. The average Bonchev–Trinajstić information content (AvgIpc) is 2.44. The van der Waals surface area contributed by atoms with Gasteiger partial charge in [-0.25, -0.2) is 9.97 Å². The zero-order valence-electron chi connectivity index (χ0n) is 14.8. The summed E-state index contributed by atoms with van der Waals surface area (Å²) in [5.74, 6) is 0.905. The van der Waals surface area contributed by atoms with Crippen LogP contribution in [0.15, 0.2) is 12.4 Å². The van der Waals surface area contributed by atoms with Gasteiger partial charge in [0.1, 0.15) is 0 Å². The van der Waals surface area contributed by atoms with Crippen LogP contribution >= 0.6 is 0 Å². The third-order valence-electron chi connectivity index (χ3n) is 5.42. The first-order valence-electron chi connectivity index (χ1n) is 8.61. The highest BCUT2D eigenvalue weighted by atomic mass is 15.3. The predicted molar refractivity (Wildman–Crippen MR) is 91.3 cm³/mol. The minimum atomic E-state index is 0.122. The lowest BCUT2D eigenvalue weighted by Gasteiger charge is -2.55. The molecule has 3 heterocycles. The summed E-state index contributed by atoms with van der Waals surface area (Å²) in [6, 6.07) is 0.692. The monoisotopic (exact) mass is 302 g/mol. The lowest BCUT2D eigenvalue weighted by Crippen LogP contribution is -2.62. The van der Waals surface area contributed by atoms with E-state index in [-0.39, 0.29) is 5.41 Å². The minimum Gasteiger partial charge on any atom is -0.341 e. The van der Waals surface area contributed by atoms with E-state index in [1.54, 1.807) is 0 Å². The highest BCUT2D eigenvalue weighted by Gasteiger charge is 2.45. The van der Waals surface area contributed by atoms with Crippen LogP contribution < -0.4 is 4.90 Å². The molecule has 0 unspecified atom stereocenters. The maximum Gasteiger partial charge on any atom is 0.225 e. The minimum absolute atomic E-state index is 0.122. The highest BCUT2D eigenvalue weighted by molar-refractivity contribution is 5.32. The van der Waals surface area contributed by atoms with Crippen molar-refractivity contribution in [2.24, 2.45) is 5.41 Å². The second kappa shape index (κ2) is 5.48. The summed E-state index contributed by atoms with van der Waals surface area (Å²) in [5.41, 5.74) is 1.90. The zero-order chi connectivity index (χ0) is 16.0. The summed E-state index contributed by atoms with van der Waals surface area (Å²) in [5, 5.41) is 0. The van der Waals surface area contributed by atoms with Gasteiger partial charge in [0.25, 0.3) is 0 Å². The molecule has 0 saturated carbocycles. The van der Waals surface area contributed by atoms with Gasteiger partial charge in [0.05, 0.1) is 0 Å². The van der Waals surface area contributed by atoms with Crippen molar-refractivity contribution < 1.29 is 0 Å². The highest BCUT2D eigenvalue weighted by Crippen LogP contribution is 2.41. The van der Waals surface area contributed by atoms with Crippen LogP contribution in [-0.4, -0.2) is 47.1 Å². The molecule has 0 aliphatic carbocycles. The van der Waals surface area contributed by atoms with Gasteiger partial charge >= 0.3 is 0 Å². The Morgan fingerprint density at radius 2 is 1.59 bits per heavy atom. The Labute approximate surface area is 134 Å². The van der Waals surface area contributed by atoms with Gasteiger partial charge in [0, 0.05) is 44.6 Å². The van der Waals surface area contributed by atoms with Crippen molar-refractivity contribution in [2.75, 3.05) is 31.1 Å². The van der Waals surface area contributed by atoms with Gasteiger partial charge in [-0.15, -0.1) is 0 Å². The maximum absolute atomic E-state index is 4.61. The number of likely N-dealkylation sites (tertiary alicyclic amines) is 1. The number of anilines is 1. The molecule has 4 heteroatoms. The SMILES string of the molecule is CC(C)N1CC2(CCN(c3ncc(C(C)(C)C)cn3)CC2)C1. The largest absolute Gasteiger partial charge is 0.341 e. The molecular weight excluding hydrogens is 272 g/mol. The molecular formula is C18H30N4. The van der Waals surface area contributed by atoms with Gasteiger partial charge in [-0.2, -0.15) is 0 Å². The second-order valence-corrected chi connectivity index (χ2v) is 8.51. The van der Waals surface area contributed by atoms with Crippen LogP contribution in [0.25, 0.3) is 0 Å². The summed E-state index contributed by atoms with van der Waals surface area (Å²) in [4.78, 5) is 14.2. The average molecular weight is 302 g/mol. The molecule has 122 valence electrons. The van der Waals surface area contributed by atoms with Crippen molar-refractivity contribution >= 4 is 5.95 Å². The van der Waals surface area contributed by atoms with E-state index in [0.717, 1.165) is 19.0 Å². The van der Waals surface area contributed by atoms with Crippen molar-refractivity contribution in [1.82, 2.24) is 14.9 Å². The quantitative estimate of drug-likeness (QED) is 0.840. The summed E-state index contributed by atoms with van der Waals surface area (Å²) in [6.45, 7) is 16.0. The first kappa shape index (κ1) is 15.7. The van der Waals surface area contributed by atoms with E-state index in [0.29, 0.717) is 11.5 Å². The van der Waals surface area contributed by atoms with Crippen molar-refractivity contribution in [3.63, 3.8) is 0 Å². The lowest BCUT2D eigenvalue weighted by molar-refractivity contribution is -0.0382. The molecule has 1 aromatic heterocycles. The number of rotatable bonds is 2. The molecule has 1 spiro atoms. The zero-order valence-corrected chi connectivity index (χ0v) is 14.8. The Bertz CT molecular complexity index is 499. The summed E-state index contributed by atoms with van der Waals surface area (Å²) >= 11 is 0. The molecule has 0 N–H and O–H groups in total. The Morgan fingerprint density at radius 1 is 1.05 bits per heavy atom. The fourth-order valence-electron chi connectivity index (χ4n) is 3.55. The smallest absolute Gasteiger partial charge is 0.225 e. The van der Waals surface area contributed by atoms with E-state index in [4.69, 9.17) is 0 Å². The van der Waals surface area contributed by atoms with E-state index in [9.17, 15) is 0 Å². The Balaban J connectivity index is 1.58. The van der Waals surface area contributed by atoms with Crippen LogP contribution in [0.5, 0.6) is 0 Å². The third-order valence-corrected chi connectivity index (χ3v) is 5.42. The molecule has 0 atom stereocenters. The van der Waals surface area contributed by atoms with Crippen LogP contribution in [-0.2, 0) is 5.41 Å². The van der Waals surface area contributed by atoms with Crippen LogP contribution in [0.4, 0.5) is 5.95 Å². The number of piperidine rings is 1.